The van der Waals surface area contributed by atoms with Crippen molar-refractivity contribution >= 4 is 46.9 Å². The van der Waals surface area contributed by atoms with E-state index in [0.29, 0.717) is 10.0 Å². The van der Waals surface area contributed by atoms with Crippen LogP contribution in [0.4, 0.5) is 0 Å². The summed E-state index contributed by atoms with van der Waals surface area (Å²) in [4.78, 5) is 25.7. The maximum Gasteiger partial charge on any atom is 0.208 e. The summed E-state index contributed by atoms with van der Waals surface area (Å²) in [6.45, 7) is 0. The fraction of sp³-hybridized carbons (Fsp3) is 0.154. The number of carbonyl (C=O) groups excluding carboxylic acids is 2. The normalized spacial score (nSPS) is 30.1. The number of carbonyl (C=O) groups is 2. The van der Waals surface area contributed by atoms with Gasteiger partial charge in [0, 0.05) is 22.2 Å². The van der Waals surface area contributed by atoms with Gasteiger partial charge in [-0.1, -0.05) is 59.6 Å². The number of aliphatic hydroxyl groups is 2. The lowest BCUT2D eigenvalue weighted by molar-refractivity contribution is -0.317. The van der Waals surface area contributed by atoms with Gasteiger partial charge in [-0.25, -0.2) is 0 Å². The molecule has 2 N–H and O–H groups in total. The van der Waals surface area contributed by atoms with Crippen molar-refractivity contribution in [1.29, 1.82) is 0 Å². The second kappa shape index (κ2) is 8.25. The maximum atomic E-state index is 12.9. The number of hydrogen-bond acceptors (Lipinski definition) is 6. The lowest BCUT2D eigenvalue weighted by Crippen LogP contribution is -2.88. The topological polar surface area (TPSA) is 93.1 Å². The first-order valence-electron chi connectivity index (χ1n) is 10.4. The van der Waals surface area contributed by atoms with E-state index in [9.17, 15) is 19.8 Å². The summed E-state index contributed by atoms with van der Waals surface area (Å²) in [6, 6.07) is 13.9. The van der Waals surface area contributed by atoms with Crippen LogP contribution >= 0.6 is 23.2 Å². The van der Waals surface area contributed by atoms with Crippen molar-refractivity contribution in [3.63, 3.8) is 0 Å². The first kappa shape index (κ1) is 22.6. The van der Waals surface area contributed by atoms with Gasteiger partial charge < -0.3 is 19.7 Å². The predicted octanol–water partition coefficient (Wildman–Crippen LogP) is 3.90. The molecule has 0 saturated heterocycles. The molecule has 1 saturated carbocycles. The lowest BCUT2D eigenvalue weighted by Gasteiger charge is -2.60. The van der Waals surface area contributed by atoms with Crippen molar-refractivity contribution in [2.75, 3.05) is 0 Å². The SMILES string of the molecule is O=C1C=C(/C=C/c2ccc(Cl)cc2)OC2C1(O)C1OC(/C=C/c3ccc(Cl)cc3)=CC(=O)C21O. The average molecular weight is 497 g/mol. The van der Waals surface area contributed by atoms with E-state index in [-0.39, 0.29) is 11.5 Å². The van der Waals surface area contributed by atoms with Crippen LogP contribution in [0.2, 0.25) is 10.0 Å². The first-order valence-corrected chi connectivity index (χ1v) is 11.1. The Balaban J connectivity index is 1.37. The van der Waals surface area contributed by atoms with Crippen LogP contribution in [0.5, 0.6) is 0 Å². The highest BCUT2D eigenvalue weighted by Gasteiger charge is 2.81. The largest absolute Gasteiger partial charge is 0.483 e. The minimum atomic E-state index is -2.20. The molecule has 8 heteroatoms. The average Bonchev–Trinajstić information content (AvgIpc) is 2.82. The zero-order valence-corrected chi connectivity index (χ0v) is 19.0. The Morgan fingerprint density at radius 2 is 1.00 bits per heavy atom. The summed E-state index contributed by atoms with van der Waals surface area (Å²) in [5, 5.41) is 23.3. The number of ketones is 2. The third kappa shape index (κ3) is 3.60. The Morgan fingerprint density at radius 3 is 1.35 bits per heavy atom. The summed E-state index contributed by atoms with van der Waals surface area (Å²) in [7, 11) is 0. The number of rotatable bonds is 4. The smallest absolute Gasteiger partial charge is 0.208 e. The molecule has 6 nitrogen and oxygen atoms in total. The highest BCUT2D eigenvalue weighted by Crippen LogP contribution is 2.53. The van der Waals surface area contributed by atoms with E-state index >= 15 is 0 Å². The summed E-state index contributed by atoms with van der Waals surface area (Å²) in [6.07, 6.45) is 5.63. The van der Waals surface area contributed by atoms with Crippen LogP contribution in [0, 0.1) is 0 Å². The van der Waals surface area contributed by atoms with Crippen LogP contribution < -0.4 is 0 Å². The number of halogens is 2. The molecular formula is C26H18Cl2O6. The number of ether oxygens (including phenoxy) is 2. The van der Waals surface area contributed by atoms with Crippen molar-refractivity contribution in [3.8, 4) is 0 Å². The molecule has 2 aliphatic heterocycles. The summed E-state index contributed by atoms with van der Waals surface area (Å²) < 4.78 is 11.4. The molecule has 34 heavy (non-hydrogen) atoms. The second-order valence-corrected chi connectivity index (χ2v) is 9.11. The van der Waals surface area contributed by atoms with Gasteiger partial charge in [0.25, 0.3) is 0 Å². The van der Waals surface area contributed by atoms with Gasteiger partial charge in [0.15, 0.2) is 23.8 Å². The molecule has 1 fully saturated rings. The van der Waals surface area contributed by atoms with E-state index in [0.717, 1.165) is 23.3 Å². The summed E-state index contributed by atoms with van der Waals surface area (Å²) in [5.41, 5.74) is -2.81. The third-order valence-corrected chi connectivity index (χ3v) is 6.57. The zero-order valence-electron chi connectivity index (χ0n) is 17.5. The van der Waals surface area contributed by atoms with Gasteiger partial charge in [0.05, 0.1) is 0 Å². The molecule has 0 radical (unpaired) electrons. The van der Waals surface area contributed by atoms with Crippen LogP contribution in [0.15, 0.2) is 84.4 Å². The Bertz CT molecular complexity index is 1180. The van der Waals surface area contributed by atoms with Gasteiger partial charge in [-0.15, -0.1) is 0 Å². The van der Waals surface area contributed by atoms with Gasteiger partial charge in [-0.2, -0.15) is 0 Å². The van der Waals surface area contributed by atoms with E-state index < -0.39 is 35.0 Å². The number of benzene rings is 2. The fourth-order valence-corrected chi connectivity index (χ4v) is 4.49. The molecule has 5 rings (SSSR count). The van der Waals surface area contributed by atoms with Crippen LogP contribution in [0.3, 0.4) is 0 Å². The van der Waals surface area contributed by atoms with Crippen LogP contribution in [0.1, 0.15) is 11.1 Å². The van der Waals surface area contributed by atoms with Crippen molar-refractivity contribution < 1.29 is 29.3 Å². The van der Waals surface area contributed by atoms with Gasteiger partial charge in [0.2, 0.25) is 11.2 Å². The molecule has 0 aromatic heterocycles. The van der Waals surface area contributed by atoms with E-state index in [2.05, 4.69) is 0 Å². The highest BCUT2D eigenvalue weighted by atomic mass is 35.5. The second-order valence-electron chi connectivity index (χ2n) is 8.24. The molecule has 2 heterocycles. The highest BCUT2D eigenvalue weighted by molar-refractivity contribution is 6.30. The van der Waals surface area contributed by atoms with Crippen LogP contribution in [-0.2, 0) is 19.1 Å². The molecule has 2 aromatic rings. The lowest BCUT2D eigenvalue weighted by atomic mass is 9.56. The van der Waals surface area contributed by atoms with Gasteiger partial charge in [-0.05, 0) is 47.5 Å². The quantitative estimate of drug-likeness (QED) is 0.666. The molecular weight excluding hydrogens is 479 g/mol. The monoisotopic (exact) mass is 496 g/mol. The molecule has 0 atom stereocenters. The van der Waals surface area contributed by atoms with Gasteiger partial charge >= 0.3 is 0 Å². The fourth-order valence-electron chi connectivity index (χ4n) is 4.24. The van der Waals surface area contributed by atoms with Crippen molar-refractivity contribution in [2.45, 2.75) is 23.4 Å². The molecule has 0 spiro atoms. The van der Waals surface area contributed by atoms with Crippen molar-refractivity contribution in [2.24, 2.45) is 0 Å². The maximum absolute atomic E-state index is 12.9. The minimum Gasteiger partial charge on any atom is -0.483 e. The van der Waals surface area contributed by atoms with E-state index in [1.165, 1.54) is 12.2 Å². The van der Waals surface area contributed by atoms with Gasteiger partial charge in [-0.3, -0.25) is 9.59 Å². The molecule has 0 bridgehead atoms. The van der Waals surface area contributed by atoms with E-state index in [4.69, 9.17) is 32.7 Å². The van der Waals surface area contributed by atoms with Crippen LogP contribution in [0.25, 0.3) is 12.2 Å². The Morgan fingerprint density at radius 1 is 0.647 bits per heavy atom. The molecule has 0 amide bonds. The van der Waals surface area contributed by atoms with Crippen LogP contribution in [-0.4, -0.2) is 45.2 Å². The molecule has 2 aromatic carbocycles. The molecule has 3 aliphatic rings. The number of allylic oxidation sites excluding steroid dienone is 2. The third-order valence-electron chi connectivity index (χ3n) is 6.06. The predicted molar refractivity (Wildman–Crippen MR) is 127 cm³/mol. The van der Waals surface area contributed by atoms with Gasteiger partial charge in [0.1, 0.15) is 11.5 Å². The summed E-state index contributed by atoms with van der Waals surface area (Å²) >= 11 is 11.8. The zero-order chi connectivity index (χ0) is 24.1. The molecule has 172 valence electrons. The first-order chi connectivity index (χ1) is 16.2. The van der Waals surface area contributed by atoms with E-state index in [1.54, 1.807) is 60.7 Å². The van der Waals surface area contributed by atoms with Crippen molar-refractivity contribution in [1.82, 2.24) is 0 Å². The number of hydrogen-bond donors (Lipinski definition) is 2. The summed E-state index contributed by atoms with van der Waals surface area (Å²) in [5.74, 6) is -1.23. The number of fused-ring (bicyclic) bond motifs is 4. The minimum absolute atomic E-state index is 0.103. The van der Waals surface area contributed by atoms with E-state index in [1.807, 2.05) is 0 Å². The Kier molecular flexibility index (Phi) is 5.49. The Hall–Kier alpha value is -3.16. The molecule has 0 unspecified atom stereocenters. The molecule has 1 aliphatic carbocycles. The standard InChI is InChI=1S/C26H18Cl2O6/c27-17-7-1-15(2-8-17)5-11-19-13-21(29)25(31)23(33-19)26(32)22(30)14-20(34-24(25)26)12-6-16-3-9-18(28)10-4-16/h1-14,23-24,31-32H/b11-5+,12-6+. The van der Waals surface area contributed by atoms with Crippen molar-refractivity contribution in [3.05, 3.63) is 106 Å². The Labute approximate surface area is 205 Å².